The molecule has 4 heteroatoms. The zero-order chi connectivity index (χ0) is 14.2. The molecule has 102 valence electrons. The van der Waals surface area contributed by atoms with Crippen LogP contribution in [0.5, 0.6) is 0 Å². The number of nitrogens with zero attached hydrogens (tertiary/aromatic N) is 2. The van der Waals surface area contributed by atoms with Gasteiger partial charge in [-0.1, -0.05) is 36.4 Å². The summed E-state index contributed by atoms with van der Waals surface area (Å²) in [5.74, 6) is 0. The van der Waals surface area contributed by atoms with Crippen LogP contribution in [0.25, 0.3) is 0 Å². The molecule has 0 aliphatic carbocycles. The predicted octanol–water partition coefficient (Wildman–Crippen LogP) is 2.51. The van der Waals surface area contributed by atoms with E-state index in [9.17, 15) is 10.2 Å². The minimum atomic E-state index is -1.09. The molecule has 2 rings (SSSR count). The van der Waals surface area contributed by atoms with Crippen LogP contribution in [0.4, 0.5) is 11.4 Å². The molecule has 0 aliphatic heterocycles. The zero-order valence-corrected chi connectivity index (χ0v) is 10.9. The van der Waals surface area contributed by atoms with Gasteiger partial charge in [-0.25, -0.2) is 0 Å². The molecule has 2 aromatic rings. The van der Waals surface area contributed by atoms with Crippen LogP contribution in [0.2, 0.25) is 0 Å². The van der Waals surface area contributed by atoms with Gasteiger partial charge in [-0.3, -0.25) is 9.98 Å². The molecule has 0 unspecified atom stereocenters. The van der Waals surface area contributed by atoms with Crippen LogP contribution in [0.3, 0.4) is 0 Å². The summed E-state index contributed by atoms with van der Waals surface area (Å²) in [6, 6.07) is 18.4. The summed E-state index contributed by atoms with van der Waals surface area (Å²) in [5, 5.41) is 19.5. The van der Waals surface area contributed by atoms with E-state index in [2.05, 4.69) is 9.98 Å². The maximum Gasteiger partial charge on any atom is 0.120 e. The molecule has 0 amide bonds. The molecule has 0 aliphatic rings. The highest BCUT2D eigenvalue weighted by Crippen LogP contribution is 2.10. The van der Waals surface area contributed by atoms with Gasteiger partial charge < -0.3 is 10.2 Å². The second kappa shape index (κ2) is 7.33. The van der Waals surface area contributed by atoms with Crippen LogP contribution in [0.1, 0.15) is 0 Å². The van der Waals surface area contributed by atoms with Crippen LogP contribution in [-0.4, -0.2) is 34.9 Å². The summed E-state index contributed by atoms with van der Waals surface area (Å²) in [6.45, 7) is 0. The fourth-order valence-electron chi connectivity index (χ4n) is 1.53. The average molecular weight is 268 g/mol. The first-order chi connectivity index (χ1) is 9.75. The Balaban J connectivity index is 1.94. The molecule has 0 saturated heterocycles. The third-order valence-corrected chi connectivity index (χ3v) is 2.61. The van der Waals surface area contributed by atoms with Gasteiger partial charge in [0, 0.05) is 12.4 Å². The SMILES string of the molecule is O[C@H](C=Nc1ccccc1)[C@@H](O)C=Nc1ccccc1. The first kappa shape index (κ1) is 14.1. The Labute approximate surface area is 117 Å². The number of aliphatic hydroxyl groups excluding tert-OH is 2. The van der Waals surface area contributed by atoms with Gasteiger partial charge in [-0.05, 0) is 24.3 Å². The molecular weight excluding hydrogens is 252 g/mol. The molecule has 4 nitrogen and oxygen atoms in total. The van der Waals surface area contributed by atoms with Crippen molar-refractivity contribution >= 4 is 23.8 Å². The number of aliphatic hydroxyl groups is 2. The summed E-state index contributed by atoms with van der Waals surface area (Å²) in [4.78, 5) is 8.17. The van der Waals surface area contributed by atoms with Gasteiger partial charge in [0.1, 0.15) is 12.2 Å². The van der Waals surface area contributed by atoms with Crippen molar-refractivity contribution in [3.05, 3.63) is 60.7 Å². The second-order valence-electron chi connectivity index (χ2n) is 4.21. The fraction of sp³-hybridized carbons (Fsp3) is 0.125. The highest BCUT2D eigenvalue weighted by atomic mass is 16.3. The standard InChI is InChI=1S/C16H16N2O2/c19-15(11-17-13-7-3-1-4-8-13)16(20)12-18-14-9-5-2-6-10-14/h1-12,15-16,19-20H/t15-,16+. The van der Waals surface area contributed by atoms with E-state index in [-0.39, 0.29) is 0 Å². The van der Waals surface area contributed by atoms with E-state index in [1.165, 1.54) is 12.4 Å². The molecule has 2 N–H and O–H groups in total. The van der Waals surface area contributed by atoms with E-state index in [1.807, 2.05) is 60.7 Å². The summed E-state index contributed by atoms with van der Waals surface area (Å²) < 4.78 is 0. The van der Waals surface area contributed by atoms with Gasteiger partial charge >= 0.3 is 0 Å². The van der Waals surface area contributed by atoms with Crippen molar-refractivity contribution in [2.24, 2.45) is 9.98 Å². The van der Waals surface area contributed by atoms with E-state index in [0.717, 1.165) is 11.4 Å². The van der Waals surface area contributed by atoms with Crippen LogP contribution >= 0.6 is 0 Å². The first-order valence-corrected chi connectivity index (χ1v) is 6.30. The van der Waals surface area contributed by atoms with Crippen LogP contribution in [0.15, 0.2) is 70.6 Å². The number of hydrogen-bond donors (Lipinski definition) is 2. The Bertz CT molecular complexity index is 514. The number of benzene rings is 2. The second-order valence-corrected chi connectivity index (χ2v) is 4.21. The van der Waals surface area contributed by atoms with Crippen molar-refractivity contribution in [3.8, 4) is 0 Å². The van der Waals surface area contributed by atoms with E-state index in [1.54, 1.807) is 0 Å². The number of aliphatic imine (C=N–C) groups is 2. The Morgan fingerprint density at radius 3 is 1.35 bits per heavy atom. The Hall–Kier alpha value is -2.30. The van der Waals surface area contributed by atoms with Gasteiger partial charge in [0.25, 0.3) is 0 Å². The van der Waals surface area contributed by atoms with Crippen LogP contribution in [-0.2, 0) is 0 Å². The highest BCUT2D eigenvalue weighted by molar-refractivity contribution is 5.77. The zero-order valence-electron chi connectivity index (χ0n) is 10.9. The molecule has 2 aromatic carbocycles. The minimum Gasteiger partial charge on any atom is -0.384 e. The van der Waals surface area contributed by atoms with Gasteiger partial charge in [0.2, 0.25) is 0 Å². The smallest absolute Gasteiger partial charge is 0.120 e. The lowest BCUT2D eigenvalue weighted by molar-refractivity contribution is 0.112. The monoisotopic (exact) mass is 268 g/mol. The first-order valence-electron chi connectivity index (χ1n) is 6.30. The molecule has 0 aromatic heterocycles. The van der Waals surface area contributed by atoms with Gasteiger partial charge in [0.15, 0.2) is 0 Å². The van der Waals surface area contributed by atoms with Crippen LogP contribution < -0.4 is 0 Å². The maximum atomic E-state index is 9.77. The normalized spacial score (nSPS) is 14.7. The lowest BCUT2D eigenvalue weighted by Gasteiger charge is -2.08. The quantitative estimate of drug-likeness (QED) is 0.818. The van der Waals surface area contributed by atoms with Gasteiger partial charge in [0.05, 0.1) is 11.4 Å². The van der Waals surface area contributed by atoms with E-state index in [4.69, 9.17) is 0 Å². The molecule has 0 spiro atoms. The molecule has 20 heavy (non-hydrogen) atoms. The molecule has 0 radical (unpaired) electrons. The van der Waals surface area contributed by atoms with Gasteiger partial charge in [-0.15, -0.1) is 0 Å². The largest absolute Gasteiger partial charge is 0.384 e. The van der Waals surface area contributed by atoms with Crippen molar-refractivity contribution in [2.75, 3.05) is 0 Å². The topological polar surface area (TPSA) is 65.2 Å². The number of rotatable bonds is 5. The summed E-state index contributed by atoms with van der Waals surface area (Å²) >= 11 is 0. The van der Waals surface area contributed by atoms with E-state index in [0.29, 0.717) is 0 Å². The summed E-state index contributed by atoms with van der Waals surface area (Å²) in [5.41, 5.74) is 1.44. The minimum absolute atomic E-state index is 0.721. The molecule has 0 bridgehead atoms. The van der Waals surface area contributed by atoms with Crippen molar-refractivity contribution < 1.29 is 10.2 Å². The van der Waals surface area contributed by atoms with Crippen molar-refractivity contribution in [1.29, 1.82) is 0 Å². The Kier molecular flexibility index (Phi) is 5.17. The molecule has 2 atom stereocenters. The lowest BCUT2D eigenvalue weighted by atomic mass is 10.2. The summed E-state index contributed by atoms with van der Waals surface area (Å²) in [7, 11) is 0. The fourth-order valence-corrected chi connectivity index (χ4v) is 1.53. The molecule has 0 fully saturated rings. The molecule has 0 saturated carbocycles. The lowest BCUT2D eigenvalue weighted by Crippen LogP contribution is -2.28. The third kappa shape index (κ3) is 4.42. The predicted molar refractivity (Wildman–Crippen MR) is 81.2 cm³/mol. The van der Waals surface area contributed by atoms with Crippen molar-refractivity contribution in [3.63, 3.8) is 0 Å². The van der Waals surface area contributed by atoms with E-state index < -0.39 is 12.2 Å². The average Bonchev–Trinajstić information content (AvgIpc) is 2.52. The Morgan fingerprint density at radius 1 is 0.650 bits per heavy atom. The number of para-hydroxylation sites is 2. The van der Waals surface area contributed by atoms with Crippen molar-refractivity contribution in [2.45, 2.75) is 12.2 Å². The highest BCUT2D eigenvalue weighted by Gasteiger charge is 2.10. The molecule has 0 heterocycles. The number of hydrogen-bond acceptors (Lipinski definition) is 4. The van der Waals surface area contributed by atoms with Crippen LogP contribution in [0, 0.1) is 0 Å². The van der Waals surface area contributed by atoms with Gasteiger partial charge in [-0.2, -0.15) is 0 Å². The summed E-state index contributed by atoms with van der Waals surface area (Å²) in [6.07, 6.45) is 0.416. The van der Waals surface area contributed by atoms with E-state index >= 15 is 0 Å². The Morgan fingerprint density at radius 2 is 1.00 bits per heavy atom. The third-order valence-electron chi connectivity index (χ3n) is 2.61. The molecular formula is C16H16N2O2. The maximum absolute atomic E-state index is 9.77. The van der Waals surface area contributed by atoms with Crippen molar-refractivity contribution in [1.82, 2.24) is 0 Å².